The maximum atomic E-state index is 12.3. The number of hydrogen-bond acceptors (Lipinski definition) is 8. The van der Waals surface area contributed by atoms with Gasteiger partial charge in [0, 0.05) is 11.3 Å². The van der Waals surface area contributed by atoms with Gasteiger partial charge in [-0.05, 0) is 42.7 Å². The van der Waals surface area contributed by atoms with Gasteiger partial charge in [0.1, 0.15) is 5.00 Å². The number of esters is 2. The Labute approximate surface area is 182 Å². The van der Waals surface area contributed by atoms with Gasteiger partial charge in [-0.2, -0.15) is 0 Å². The lowest BCUT2D eigenvalue weighted by Crippen LogP contribution is -2.22. The van der Waals surface area contributed by atoms with E-state index >= 15 is 0 Å². The molecule has 2 aromatic heterocycles. The van der Waals surface area contributed by atoms with E-state index in [9.17, 15) is 19.2 Å². The van der Waals surface area contributed by atoms with Crippen molar-refractivity contribution in [3.63, 3.8) is 0 Å². The van der Waals surface area contributed by atoms with Gasteiger partial charge in [-0.25, -0.2) is 4.79 Å². The van der Waals surface area contributed by atoms with Crippen LogP contribution in [0.1, 0.15) is 62.6 Å². The standard InChI is InChI=1S/C21H23NO6S2/c1-27-21(26)19-13-6-3-2-4-7-15(13)30-20(19)22-17(24)12-28-18(25)10-9-14(23)16-8-5-11-29-16/h5,8,11H,2-4,6-7,9-10,12H2,1H3,(H,22,24). The number of Topliss-reactive ketones (excluding diaryl/α,β-unsaturated/α-hetero) is 1. The number of rotatable bonds is 8. The number of fused-ring (bicyclic) bond motifs is 1. The number of hydrogen-bond donors (Lipinski definition) is 1. The lowest BCUT2D eigenvalue weighted by molar-refractivity contribution is -0.147. The summed E-state index contributed by atoms with van der Waals surface area (Å²) in [5, 5.41) is 4.91. The van der Waals surface area contributed by atoms with Crippen LogP contribution in [-0.2, 0) is 31.9 Å². The van der Waals surface area contributed by atoms with Crippen LogP contribution < -0.4 is 5.32 Å². The highest BCUT2D eigenvalue weighted by Crippen LogP contribution is 2.37. The second-order valence-electron chi connectivity index (χ2n) is 6.87. The molecule has 0 radical (unpaired) electrons. The molecule has 7 nitrogen and oxygen atoms in total. The molecule has 0 aliphatic heterocycles. The Morgan fingerprint density at radius 1 is 1.10 bits per heavy atom. The molecule has 30 heavy (non-hydrogen) atoms. The fourth-order valence-corrected chi connectivity index (χ4v) is 5.29. The quantitative estimate of drug-likeness (QED) is 0.371. The summed E-state index contributed by atoms with van der Waals surface area (Å²) >= 11 is 2.70. The number of thiophene rings is 2. The topological polar surface area (TPSA) is 98.8 Å². The normalized spacial score (nSPS) is 13.1. The Bertz CT molecular complexity index is 932. The van der Waals surface area contributed by atoms with Crippen LogP contribution in [0.15, 0.2) is 17.5 Å². The third kappa shape index (κ3) is 5.54. The van der Waals surface area contributed by atoms with Gasteiger partial charge in [0.05, 0.1) is 24.0 Å². The average Bonchev–Trinajstić information content (AvgIpc) is 3.33. The molecule has 1 aliphatic rings. The van der Waals surface area contributed by atoms with Crippen molar-refractivity contribution in [3.8, 4) is 0 Å². The SMILES string of the molecule is COC(=O)c1c(NC(=O)COC(=O)CCC(=O)c2cccs2)sc2c1CCCCC2. The van der Waals surface area contributed by atoms with Crippen molar-refractivity contribution in [2.24, 2.45) is 0 Å². The minimum absolute atomic E-state index is 0.0328. The number of carbonyl (C=O) groups excluding carboxylic acids is 4. The molecule has 160 valence electrons. The van der Waals surface area contributed by atoms with Crippen molar-refractivity contribution in [1.82, 2.24) is 0 Å². The summed E-state index contributed by atoms with van der Waals surface area (Å²) < 4.78 is 9.89. The summed E-state index contributed by atoms with van der Waals surface area (Å²) in [5.41, 5.74) is 1.35. The zero-order valence-electron chi connectivity index (χ0n) is 16.7. The van der Waals surface area contributed by atoms with Gasteiger partial charge in [-0.1, -0.05) is 12.5 Å². The van der Waals surface area contributed by atoms with Gasteiger partial charge in [0.25, 0.3) is 5.91 Å². The molecule has 0 saturated carbocycles. The minimum atomic E-state index is -0.620. The van der Waals surface area contributed by atoms with E-state index in [0.29, 0.717) is 15.4 Å². The molecule has 3 rings (SSSR count). The van der Waals surface area contributed by atoms with Crippen molar-refractivity contribution in [2.45, 2.75) is 44.9 Å². The van der Waals surface area contributed by atoms with Crippen LogP contribution in [0.2, 0.25) is 0 Å². The van der Waals surface area contributed by atoms with E-state index in [1.807, 2.05) is 0 Å². The van der Waals surface area contributed by atoms with E-state index in [1.165, 1.54) is 29.8 Å². The molecule has 0 unspecified atom stereocenters. The van der Waals surface area contributed by atoms with Gasteiger partial charge in [0.15, 0.2) is 12.4 Å². The predicted octanol–water partition coefficient (Wildman–Crippen LogP) is 4.01. The summed E-state index contributed by atoms with van der Waals surface area (Å²) in [6.07, 6.45) is 4.73. The molecule has 1 amide bonds. The molecule has 0 atom stereocenters. The summed E-state index contributed by atoms with van der Waals surface area (Å²) in [6, 6.07) is 3.47. The second-order valence-corrected chi connectivity index (χ2v) is 8.92. The molecule has 0 fully saturated rings. The van der Waals surface area contributed by atoms with Gasteiger partial charge in [0.2, 0.25) is 0 Å². The van der Waals surface area contributed by atoms with E-state index in [-0.39, 0.29) is 18.6 Å². The third-order valence-corrected chi connectivity index (χ3v) is 6.90. The van der Waals surface area contributed by atoms with Crippen LogP contribution in [0.4, 0.5) is 5.00 Å². The number of nitrogens with one attached hydrogen (secondary N) is 1. The highest BCUT2D eigenvalue weighted by molar-refractivity contribution is 7.17. The highest BCUT2D eigenvalue weighted by Gasteiger charge is 2.26. The highest BCUT2D eigenvalue weighted by atomic mass is 32.1. The number of ether oxygens (including phenoxy) is 2. The number of methoxy groups -OCH3 is 1. The fraction of sp³-hybridized carbons (Fsp3) is 0.429. The largest absolute Gasteiger partial charge is 0.465 e. The number of aryl methyl sites for hydroxylation is 1. The molecule has 2 aromatic rings. The van der Waals surface area contributed by atoms with Gasteiger partial charge in [-0.15, -0.1) is 22.7 Å². The third-order valence-electron chi connectivity index (χ3n) is 4.78. The summed E-state index contributed by atoms with van der Waals surface area (Å²) in [4.78, 5) is 50.0. The lowest BCUT2D eigenvalue weighted by atomic mass is 10.1. The maximum absolute atomic E-state index is 12.3. The minimum Gasteiger partial charge on any atom is -0.465 e. The molecule has 0 saturated heterocycles. The van der Waals surface area contributed by atoms with Crippen molar-refractivity contribution >= 4 is 51.3 Å². The van der Waals surface area contributed by atoms with Crippen LogP contribution in [-0.4, -0.2) is 37.3 Å². The van der Waals surface area contributed by atoms with Gasteiger partial charge < -0.3 is 14.8 Å². The van der Waals surface area contributed by atoms with Crippen LogP contribution in [0.5, 0.6) is 0 Å². The van der Waals surface area contributed by atoms with Crippen molar-refractivity contribution in [1.29, 1.82) is 0 Å². The second kappa shape index (κ2) is 10.5. The van der Waals surface area contributed by atoms with E-state index in [4.69, 9.17) is 9.47 Å². The number of ketones is 1. The Balaban J connectivity index is 1.55. The summed E-state index contributed by atoms with van der Waals surface area (Å²) in [5.74, 6) is -1.76. The Hall–Kier alpha value is -2.52. The number of carbonyl (C=O) groups is 4. The molecule has 0 bridgehead atoms. The van der Waals surface area contributed by atoms with Crippen molar-refractivity contribution < 1.29 is 28.7 Å². The summed E-state index contributed by atoms with van der Waals surface area (Å²) in [6.45, 7) is -0.477. The molecule has 0 aromatic carbocycles. The molecule has 0 spiro atoms. The smallest absolute Gasteiger partial charge is 0.341 e. The Morgan fingerprint density at radius 3 is 2.63 bits per heavy atom. The fourth-order valence-electron chi connectivity index (χ4n) is 3.31. The van der Waals surface area contributed by atoms with Gasteiger partial charge >= 0.3 is 11.9 Å². The van der Waals surface area contributed by atoms with Crippen LogP contribution in [0, 0.1) is 0 Å². The van der Waals surface area contributed by atoms with Crippen LogP contribution in [0.3, 0.4) is 0 Å². The first-order chi connectivity index (χ1) is 14.5. The molecule has 1 N–H and O–H groups in total. The first-order valence-corrected chi connectivity index (χ1v) is 11.4. The molecule has 1 aliphatic carbocycles. The van der Waals surface area contributed by atoms with E-state index in [1.54, 1.807) is 17.5 Å². The lowest BCUT2D eigenvalue weighted by Gasteiger charge is -2.08. The zero-order valence-corrected chi connectivity index (χ0v) is 18.3. The predicted molar refractivity (Wildman–Crippen MR) is 114 cm³/mol. The molecule has 2 heterocycles. The van der Waals surface area contributed by atoms with Gasteiger partial charge in [-0.3, -0.25) is 14.4 Å². The summed E-state index contributed by atoms with van der Waals surface area (Å²) in [7, 11) is 1.31. The van der Waals surface area contributed by atoms with E-state index in [0.717, 1.165) is 42.5 Å². The monoisotopic (exact) mass is 449 g/mol. The molecular weight excluding hydrogens is 426 g/mol. The zero-order chi connectivity index (χ0) is 21.5. The van der Waals surface area contributed by atoms with Crippen molar-refractivity contribution in [2.75, 3.05) is 19.0 Å². The Morgan fingerprint density at radius 2 is 1.90 bits per heavy atom. The van der Waals surface area contributed by atoms with Crippen LogP contribution >= 0.6 is 22.7 Å². The van der Waals surface area contributed by atoms with E-state index in [2.05, 4.69) is 5.32 Å². The van der Waals surface area contributed by atoms with Crippen LogP contribution in [0.25, 0.3) is 0 Å². The number of anilines is 1. The Kier molecular flexibility index (Phi) is 7.75. The molecule has 9 heteroatoms. The average molecular weight is 450 g/mol. The van der Waals surface area contributed by atoms with Crippen molar-refractivity contribution in [3.05, 3.63) is 38.4 Å². The first-order valence-electron chi connectivity index (χ1n) is 9.74. The first kappa shape index (κ1) is 22.2. The van der Waals surface area contributed by atoms with E-state index < -0.39 is 24.5 Å². The maximum Gasteiger partial charge on any atom is 0.341 e. The number of amides is 1. The molecular formula is C21H23NO6S2.